The van der Waals surface area contributed by atoms with Crippen molar-refractivity contribution in [3.05, 3.63) is 6.10 Å². The van der Waals surface area contributed by atoms with Gasteiger partial charge in [0.15, 0.2) is 0 Å². The average molecular weight is 139 g/mol. The van der Waals surface area contributed by atoms with Crippen LogP contribution >= 0.6 is 0 Å². The number of rotatable bonds is 1. The van der Waals surface area contributed by atoms with Gasteiger partial charge in [0.05, 0.1) is 0 Å². The highest BCUT2D eigenvalue weighted by Gasteiger charge is 2.47. The van der Waals surface area contributed by atoms with Crippen LogP contribution in [0.15, 0.2) is 0 Å². The Bertz CT molecular complexity index is 147. The Morgan fingerprint density at radius 1 is 1.20 bits per heavy atom. The molecular formula is C8H11O2. The minimum atomic E-state index is -0.0492. The van der Waals surface area contributed by atoms with Crippen molar-refractivity contribution in [2.75, 3.05) is 0 Å². The lowest BCUT2D eigenvalue weighted by molar-refractivity contribution is -0.117. The molecule has 0 aromatic rings. The number of hydrogen-bond acceptors (Lipinski definition) is 2. The molecule has 1 aliphatic heterocycles. The van der Waals surface area contributed by atoms with E-state index in [-0.39, 0.29) is 5.97 Å². The van der Waals surface area contributed by atoms with Crippen molar-refractivity contribution in [2.24, 2.45) is 5.92 Å². The maximum atomic E-state index is 10.5. The first-order valence-electron chi connectivity index (χ1n) is 3.97. The van der Waals surface area contributed by atoms with E-state index in [1.807, 2.05) is 0 Å². The van der Waals surface area contributed by atoms with Gasteiger partial charge in [-0.15, -0.1) is 0 Å². The third-order valence-corrected chi connectivity index (χ3v) is 2.34. The lowest BCUT2D eigenvalue weighted by Crippen LogP contribution is -2.07. The predicted octanol–water partition coefficient (Wildman–Crippen LogP) is 1.66. The highest BCUT2D eigenvalue weighted by molar-refractivity contribution is 5.97. The molecule has 1 heterocycles. The second-order valence-electron chi connectivity index (χ2n) is 3.09. The molecule has 0 unspecified atom stereocenters. The Balaban J connectivity index is 1.86. The van der Waals surface area contributed by atoms with Gasteiger partial charge in [0.1, 0.15) is 0 Å². The zero-order valence-corrected chi connectivity index (χ0v) is 5.93. The molecular weight excluding hydrogens is 128 g/mol. The molecule has 0 aromatic carbocycles. The highest BCUT2D eigenvalue weighted by atomic mass is 16.6. The number of ether oxygens (including phenoxy) is 1. The molecule has 0 aromatic heterocycles. The minimum Gasteiger partial charge on any atom is -0.438 e. The van der Waals surface area contributed by atoms with Crippen molar-refractivity contribution < 1.29 is 9.53 Å². The summed E-state index contributed by atoms with van der Waals surface area (Å²) in [7, 11) is 0. The number of carbonyl (C=O) groups excluding carboxylic acids is 1. The largest absolute Gasteiger partial charge is 0.438 e. The molecule has 1 saturated carbocycles. The van der Waals surface area contributed by atoms with Gasteiger partial charge in [-0.3, -0.25) is 0 Å². The second-order valence-corrected chi connectivity index (χ2v) is 3.09. The van der Waals surface area contributed by atoms with E-state index in [0.717, 1.165) is 6.10 Å². The van der Waals surface area contributed by atoms with Crippen LogP contribution in [-0.4, -0.2) is 5.97 Å². The maximum absolute atomic E-state index is 10.5. The average Bonchev–Trinajstić information content (AvgIpc) is 2.69. The van der Waals surface area contributed by atoms with Crippen LogP contribution in [0.5, 0.6) is 0 Å². The van der Waals surface area contributed by atoms with Crippen LogP contribution in [0.2, 0.25) is 0 Å². The molecule has 2 aliphatic rings. The molecule has 0 N–H and O–H groups in total. The van der Waals surface area contributed by atoms with Crippen molar-refractivity contribution in [2.45, 2.75) is 32.1 Å². The molecule has 1 saturated heterocycles. The molecule has 0 amide bonds. The third kappa shape index (κ3) is 1.02. The van der Waals surface area contributed by atoms with Gasteiger partial charge in [-0.25, -0.2) is 4.79 Å². The van der Waals surface area contributed by atoms with E-state index in [4.69, 9.17) is 4.74 Å². The Labute approximate surface area is 60.6 Å². The second kappa shape index (κ2) is 2.26. The topological polar surface area (TPSA) is 29.6 Å². The maximum Gasteiger partial charge on any atom is 0.357 e. The summed E-state index contributed by atoms with van der Waals surface area (Å²) in [5, 5.41) is 0. The number of cyclic esters (lactones) is 1. The molecule has 0 atom stereocenters. The van der Waals surface area contributed by atoms with E-state index in [0.29, 0.717) is 5.92 Å². The highest BCUT2D eigenvalue weighted by Crippen LogP contribution is 2.39. The van der Waals surface area contributed by atoms with E-state index in [9.17, 15) is 4.79 Å². The molecule has 2 fully saturated rings. The molecule has 0 bridgehead atoms. The molecule has 2 heteroatoms. The fraction of sp³-hybridized carbons (Fsp3) is 0.750. The first kappa shape index (κ1) is 6.20. The zero-order chi connectivity index (χ0) is 6.97. The fourth-order valence-electron chi connectivity index (χ4n) is 1.69. The van der Waals surface area contributed by atoms with Gasteiger partial charge in [-0.05, 0) is 12.8 Å². The summed E-state index contributed by atoms with van der Waals surface area (Å²) in [5.74, 6) is 0.438. The van der Waals surface area contributed by atoms with Crippen LogP contribution in [0.4, 0.5) is 0 Å². The van der Waals surface area contributed by atoms with E-state index < -0.39 is 0 Å². The zero-order valence-electron chi connectivity index (χ0n) is 5.93. The van der Waals surface area contributed by atoms with Crippen molar-refractivity contribution in [1.29, 1.82) is 0 Å². The van der Waals surface area contributed by atoms with Crippen molar-refractivity contribution >= 4 is 5.97 Å². The van der Waals surface area contributed by atoms with E-state index in [1.165, 1.54) is 32.1 Å². The lowest BCUT2D eigenvalue weighted by atomic mass is 9.87. The van der Waals surface area contributed by atoms with Crippen molar-refractivity contribution in [1.82, 2.24) is 0 Å². The summed E-state index contributed by atoms with van der Waals surface area (Å²) in [6.45, 7) is 0. The quantitative estimate of drug-likeness (QED) is 0.517. The smallest absolute Gasteiger partial charge is 0.357 e. The molecule has 1 aliphatic carbocycles. The van der Waals surface area contributed by atoms with E-state index in [1.54, 1.807) is 0 Å². The third-order valence-electron chi connectivity index (χ3n) is 2.34. The number of epoxide rings is 1. The molecule has 10 heavy (non-hydrogen) atoms. The van der Waals surface area contributed by atoms with Gasteiger partial charge in [-0.1, -0.05) is 19.3 Å². The van der Waals surface area contributed by atoms with Crippen LogP contribution < -0.4 is 0 Å². The molecule has 55 valence electrons. The van der Waals surface area contributed by atoms with Crippen LogP contribution in [0.25, 0.3) is 0 Å². The first-order valence-corrected chi connectivity index (χ1v) is 3.97. The van der Waals surface area contributed by atoms with Crippen molar-refractivity contribution in [3.63, 3.8) is 0 Å². The Kier molecular flexibility index (Phi) is 1.40. The summed E-state index contributed by atoms with van der Waals surface area (Å²) in [6.07, 6.45) is 6.97. The summed E-state index contributed by atoms with van der Waals surface area (Å²) >= 11 is 0. The van der Waals surface area contributed by atoms with Gasteiger partial charge in [0.2, 0.25) is 0 Å². The van der Waals surface area contributed by atoms with Crippen LogP contribution in [-0.2, 0) is 9.53 Å². The Hall–Kier alpha value is -0.530. The number of hydrogen-bond donors (Lipinski definition) is 0. The van der Waals surface area contributed by atoms with Crippen molar-refractivity contribution in [3.8, 4) is 0 Å². The standard InChI is InChI=1S/C8H11O2/c9-8-7(10-8)6-4-2-1-3-5-6/h6H,1-5H2. The Morgan fingerprint density at radius 2 is 1.80 bits per heavy atom. The van der Waals surface area contributed by atoms with Gasteiger partial charge >= 0.3 is 5.97 Å². The predicted molar refractivity (Wildman–Crippen MR) is 35.9 cm³/mol. The van der Waals surface area contributed by atoms with Crippen LogP contribution in [0.3, 0.4) is 0 Å². The Morgan fingerprint density at radius 3 is 2.30 bits per heavy atom. The van der Waals surface area contributed by atoms with Gasteiger partial charge in [-0.2, -0.15) is 0 Å². The van der Waals surface area contributed by atoms with E-state index >= 15 is 0 Å². The summed E-state index contributed by atoms with van der Waals surface area (Å²) in [5.41, 5.74) is 0. The lowest BCUT2D eigenvalue weighted by Gasteiger charge is -2.16. The number of carbonyl (C=O) groups is 1. The summed E-state index contributed by atoms with van der Waals surface area (Å²) in [4.78, 5) is 10.5. The molecule has 1 radical (unpaired) electrons. The van der Waals surface area contributed by atoms with Gasteiger partial charge < -0.3 is 4.74 Å². The SMILES string of the molecule is O=C1O[C]1C1CCCCC1. The normalized spacial score (nSPS) is 28.2. The molecule has 2 rings (SSSR count). The fourth-order valence-corrected chi connectivity index (χ4v) is 1.69. The summed E-state index contributed by atoms with van der Waals surface area (Å²) in [6, 6.07) is 0. The van der Waals surface area contributed by atoms with Gasteiger partial charge in [0, 0.05) is 5.92 Å². The molecule has 2 nitrogen and oxygen atoms in total. The summed E-state index contributed by atoms with van der Waals surface area (Å²) < 4.78 is 4.73. The van der Waals surface area contributed by atoms with Crippen LogP contribution in [0, 0.1) is 12.0 Å². The molecule has 0 spiro atoms. The minimum absolute atomic E-state index is 0.0492. The first-order chi connectivity index (χ1) is 4.88. The monoisotopic (exact) mass is 139 g/mol. The van der Waals surface area contributed by atoms with Crippen LogP contribution in [0.1, 0.15) is 32.1 Å². The van der Waals surface area contributed by atoms with Gasteiger partial charge in [0.25, 0.3) is 6.10 Å². The van der Waals surface area contributed by atoms with E-state index in [2.05, 4.69) is 0 Å².